The minimum absolute atomic E-state index is 0.0490. The molecule has 1 heterocycles. The largest absolute Gasteiger partial charge is 0.507 e. The number of para-hydroxylation sites is 1. The highest BCUT2D eigenvalue weighted by Crippen LogP contribution is 2.39. The maximum atomic E-state index is 12.0. The summed E-state index contributed by atoms with van der Waals surface area (Å²) in [6.45, 7) is 1.91. The summed E-state index contributed by atoms with van der Waals surface area (Å²) in [5, 5.41) is 27.7. The third-order valence-corrected chi connectivity index (χ3v) is 3.96. The lowest BCUT2D eigenvalue weighted by molar-refractivity contribution is 0.0992. The van der Waals surface area contributed by atoms with Gasteiger partial charge in [0.05, 0.1) is 11.1 Å². The Hall–Kier alpha value is -2.67. The maximum Gasteiger partial charge on any atom is 0.299 e. The Kier molecular flexibility index (Phi) is 3.87. The summed E-state index contributed by atoms with van der Waals surface area (Å²) in [7, 11) is 0. The smallest absolute Gasteiger partial charge is 0.299 e. The molecule has 0 saturated heterocycles. The van der Waals surface area contributed by atoms with Crippen LogP contribution < -0.4 is 0 Å². The van der Waals surface area contributed by atoms with Gasteiger partial charge in [-0.2, -0.15) is 0 Å². The van der Waals surface area contributed by atoms with Gasteiger partial charge in [-0.1, -0.05) is 12.1 Å². The summed E-state index contributed by atoms with van der Waals surface area (Å²) in [6, 6.07) is 9.79. The highest BCUT2D eigenvalue weighted by molar-refractivity contribution is 9.10. The molecular weight excluding hydrogens is 362 g/mol. The quantitative estimate of drug-likeness (QED) is 0.573. The topological polar surface area (TPSA) is 98.0 Å². The number of nitrogens with one attached hydrogen (secondary N) is 1. The Morgan fingerprint density at radius 3 is 2.70 bits per heavy atom. The molecule has 0 aliphatic heterocycles. The summed E-state index contributed by atoms with van der Waals surface area (Å²) >= 11 is 3.41. The van der Waals surface area contributed by atoms with E-state index in [2.05, 4.69) is 31.1 Å². The number of benzene rings is 2. The summed E-state index contributed by atoms with van der Waals surface area (Å²) < 4.78 is 0.774. The summed E-state index contributed by atoms with van der Waals surface area (Å²) in [4.78, 5) is 14.8. The summed E-state index contributed by atoms with van der Waals surface area (Å²) in [5.74, 6) is -1.04. The van der Waals surface area contributed by atoms with E-state index in [4.69, 9.17) is 0 Å². The molecule has 6 nitrogen and oxygen atoms in total. The van der Waals surface area contributed by atoms with Crippen molar-refractivity contribution in [1.29, 1.82) is 0 Å². The zero-order chi connectivity index (χ0) is 16.6. The Morgan fingerprint density at radius 1 is 1.22 bits per heavy atom. The van der Waals surface area contributed by atoms with Crippen LogP contribution in [0.15, 0.2) is 51.1 Å². The number of azo groups is 1. The Balaban J connectivity index is 2.03. The minimum Gasteiger partial charge on any atom is -0.507 e. The number of rotatable bonds is 2. The number of halogens is 1. The van der Waals surface area contributed by atoms with Crippen LogP contribution in [-0.4, -0.2) is 21.1 Å². The van der Waals surface area contributed by atoms with E-state index in [0.29, 0.717) is 10.9 Å². The SMILES string of the molecule is Cc1cc(Br)c2[nH]c(O)c(N=NC(=O)c3ccccc3O)c2c1. The van der Waals surface area contributed by atoms with Crippen LogP contribution >= 0.6 is 15.9 Å². The number of aromatic hydroxyl groups is 2. The predicted molar refractivity (Wildman–Crippen MR) is 89.4 cm³/mol. The van der Waals surface area contributed by atoms with Crippen LogP contribution in [0.1, 0.15) is 15.9 Å². The highest BCUT2D eigenvalue weighted by atomic mass is 79.9. The van der Waals surface area contributed by atoms with Gasteiger partial charge in [-0.3, -0.25) is 4.79 Å². The first kappa shape index (κ1) is 15.2. The molecule has 0 atom stereocenters. The van der Waals surface area contributed by atoms with Crippen molar-refractivity contribution in [1.82, 2.24) is 4.98 Å². The van der Waals surface area contributed by atoms with E-state index in [1.165, 1.54) is 12.1 Å². The van der Waals surface area contributed by atoms with Gasteiger partial charge in [-0.05, 0) is 52.7 Å². The molecule has 0 saturated carbocycles. The number of phenolic OH excluding ortho intramolecular Hbond substituents is 1. The number of aromatic nitrogens is 1. The van der Waals surface area contributed by atoms with Gasteiger partial charge in [0.1, 0.15) is 5.75 Å². The standard InChI is InChI=1S/C16H12BrN3O3/c1-8-6-10-13(11(17)7-8)18-16(23)14(10)19-20-15(22)9-4-2-3-5-12(9)21/h2-7,18,21,23H,1H3. The molecule has 0 unspecified atom stereocenters. The van der Waals surface area contributed by atoms with Crippen molar-refractivity contribution >= 4 is 38.4 Å². The molecule has 1 aromatic heterocycles. The molecule has 2 aromatic carbocycles. The highest BCUT2D eigenvalue weighted by Gasteiger charge is 2.15. The van der Waals surface area contributed by atoms with Gasteiger partial charge in [0, 0.05) is 9.86 Å². The fraction of sp³-hybridized carbons (Fsp3) is 0.0625. The molecule has 23 heavy (non-hydrogen) atoms. The first-order valence-corrected chi connectivity index (χ1v) is 7.51. The lowest BCUT2D eigenvalue weighted by Gasteiger charge is -1.98. The van der Waals surface area contributed by atoms with E-state index >= 15 is 0 Å². The molecule has 3 aromatic rings. The van der Waals surface area contributed by atoms with Gasteiger partial charge in [0.2, 0.25) is 5.88 Å². The second-order valence-corrected chi connectivity index (χ2v) is 5.87. The number of aromatic amines is 1. The molecule has 3 rings (SSSR count). The molecule has 116 valence electrons. The van der Waals surface area contributed by atoms with Gasteiger partial charge in [-0.15, -0.1) is 10.2 Å². The van der Waals surface area contributed by atoms with Crippen molar-refractivity contribution < 1.29 is 15.0 Å². The fourth-order valence-electron chi connectivity index (χ4n) is 2.27. The third kappa shape index (κ3) is 2.83. The number of H-pyrrole nitrogens is 1. The number of carbonyl (C=O) groups is 1. The van der Waals surface area contributed by atoms with Gasteiger partial charge in [-0.25, -0.2) is 0 Å². The lowest BCUT2D eigenvalue weighted by atomic mass is 10.1. The second-order valence-electron chi connectivity index (χ2n) is 5.01. The minimum atomic E-state index is -0.691. The van der Waals surface area contributed by atoms with E-state index in [1.807, 2.05) is 19.1 Å². The molecule has 0 bridgehead atoms. The van der Waals surface area contributed by atoms with Crippen LogP contribution in [0.5, 0.6) is 11.6 Å². The molecule has 0 aliphatic carbocycles. The average Bonchev–Trinajstić information content (AvgIpc) is 2.81. The molecule has 3 N–H and O–H groups in total. The van der Waals surface area contributed by atoms with Crippen LogP contribution in [0.2, 0.25) is 0 Å². The normalized spacial score (nSPS) is 11.4. The first-order valence-electron chi connectivity index (χ1n) is 6.72. The van der Waals surface area contributed by atoms with Gasteiger partial charge >= 0.3 is 0 Å². The Labute approximate surface area is 139 Å². The number of carbonyl (C=O) groups excluding carboxylic acids is 1. The molecule has 0 fully saturated rings. The number of fused-ring (bicyclic) bond motifs is 1. The monoisotopic (exact) mass is 373 g/mol. The maximum absolute atomic E-state index is 12.0. The Bertz CT molecular complexity index is 947. The zero-order valence-electron chi connectivity index (χ0n) is 12.0. The molecule has 0 aliphatic rings. The number of amides is 1. The van der Waals surface area contributed by atoms with Crippen LogP contribution in [0.25, 0.3) is 10.9 Å². The number of hydrogen-bond acceptors (Lipinski definition) is 4. The zero-order valence-corrected chi connectivity index (χ0v) is 13.6. The molecule has 0 spiro atoms. The van der Waals surface area contributed by atoms with Crippen molar-refractivity contribution in [3.63, 3.8) is 0 Å². The summed E-state index contributed by atoms with van der Waals surface area (Å²) in [5.41, 5.74) is 1.85. The van der Waals surface area contributed by atoms with Crippen LogP contribution in [0.4, 0.5) is 5.69 Å². The van der Waals surface area contributed by atoms with Crippen molar-refractivity contribution in [2.24, 2.45) is 10.2 Å². The van der Waals surface area contributed by atoms with Gasteiger partial charge in [0.25, 0.3) is 5.91 Å². The second kappa shape index (κ2) is 5.85. The average molecular weight is 374 g/mol. The number of aryl methyl sites for hydroxylation is 1. The van der Waals surface area contributed by atoms with E-state index in [0.717, 1.165) is 10.0 Å². The van der Waals surface area contributed by atoms with Crippen molar-refractivity contribution in [3.05, 3.63) is 52.0 Å². The predicted octanol–water partition coefficient (Wildman–Crippen LogP) is 4.57. The van der Waals surface area contributed by atoms with Crippen molar-refractivity contribution in [2.75, 3.05) is 0 Å². The molecule has 0 radical (unpaired) electrons. The van der Waals surface area contributed by atoms with Crippen LogP contribution in [0.3, 0.4) is 0 Å². The van der Waals surface area contributed by atoms with Crippen molar-refractivity contribution in [2.45, 2.75) is 6.92 Å². The number of hydrogen-bond donors (Lipinski definition) is 3. The van der Waals surface area contributed by atoms with E-state index in [9.17, 15) is 15.0 Å². The van der Waals surface area contributed by atoms with Crippen molar-refractivity contribution in [3.8, 4) is 11.6 Å². The first-order chi connectivity index (χ1) is 11.0. The molecule has 1 amide bonds. The number of nitrogens with zero attached hydrogens (tertiary/aromatic N) is 2. The Morgan fingerprint density at radius 2 is 1.96 bits per heavy atom. The summed E-state index contributed by atoms with van der Waals surface area (Å²) in [6.07, 6.45) is 0. The van der Waals surface area contributed by atoms with E-state index in [1.54, 1.807) is 12.1 Å². The molecular formula is C16H12BrN3O3. The van der Waals surface area contributed by atoms with Gasteiger partial charge in [0.15, 0.2) is 5.69 Å². The van der Waals surface area contributed by atoms with Crippen LogP contribution in [0, 0.1) is 6.92 Å². The lowest BCUT2D eigenvalue weighted by Crippen LogP contribution is -1.93. The fourth-order valence-corrected chi connectivity index (χ4v) is 2.94. The third-order valence-electron chi connectivity index (χ3n) is 3.33. The van der Waals surface area contributed by atoms with E-state index < -0.39 is 5.91 Å². The van der Waals surface area contributed by atoms with Gasteiger partial charge < -0.3 is 15.2 Å². The van der Waals surface area contributed by atoms with E-state index in [-0.39, 0.29) is 22.9 Å². The number of phenols is 1. The van der Waals surface area contributed by atoms with Crippen LogP contribution in [-0.2, 0) is 0 Å². The molecule has 7 heteroatoms.